The number of nitrogens with zero attached hydrogens (tertiary/aromatic N) is 2. The van der Waals surface area contributed by atoms with Crippen LogP contribution in [-0.2, 0) is 11.8 Å². The fourth-order valence-electron chi connectivity index (χ4n) is 2.52. The zero-order valence-corrected chi connectivity index (χ0v) is 14.8. The van der Waals surface area contributed by atoms with E-state index in [2.05, 4.69) is 34.4 Å². The Kier molecular flexibility index (Phi) is 6.89. The molecule has 0 aliphatic heterocycles. The van der Waals surface area contributed by atoms with Gasteiger partial charge in [-0.3, -0.25) is 9.97 Å². The van der Waals surface area contributed by atoms with Crippen molar-refractivity contribution in [3.63, 3.8) is 0 Å². The number of urea groups is 1. The molecule has 0 bridgehead atoms. The lowest BCUT2D eigenvalue weighted by atomic mass is 9.85. The average Bonchev–Trinajstić information content (AvgIpc) is 2.65. The standard InChI is InChI=1S/C19H26N4O2/c1-19(2,16-6-9-20-10-7-16)14-23-18(25)22-12-15(13-24)11-17-5-3-4-8-21-17/h3-10,15,24H,11-14H2,1-2H3,(H2,22,23,25). The van der Waals surface area contributed by atoms with Crippen molar-refractivity contribution in [3.8, 4) is 0 Å². The molecule has 2 aromatic heterocycles. The smallest absolute Gasteiger partial charge is 0.314 e. The first kappa shape index (κ1) is 18.9. The van der Waals surface area contributed by atoms with Gasteiger partial charge in [-0.25, -0.2) is 4.79 Å². The minimum Gasteiger partial charge on any atom is -0.396 e. The van der Waals surface area contributed by atoms with Gasteiger partial charge in [0.15, 0.2) is 0 Å². The molecule has 2 aromatic rings. The molecule has 2 amide bonds. The Labute approximate surface area is 148 Å². The van der Waals surface area contributed by atoms with Crippen molar-refractivity contribution < 1.29 is 9.90 Å². The quantitative estimate of drug-likeness (QED) is 0.684. The summed E-state index contributed by atoms with van der Waals surface area (Å²) in [6, 6.07) is 9.36. The third-order valence-corrected chi connectivity index (χ3v) is 4.19. The Hall–Kier alpha value is -2.47. The van der Waals surface area contributed by atoms with Crippen LogP contribution in [0.25, 0.3) is 0 Å². The normalized spacial score (nSPS) is 12.4. The summed E-state index contributed by atoms with van der Waals surface area (Å²) in [4.78, 5) is 20.3. The first-order valence-electron chi connectivity index (χ1n) is 8.44. The summed E-state index contributed by atoms with van der Waals surface area (Å²) in [5, 5.41) is 15.2. The molecule has 0 radical (unpaired) electrons. The molecular weight excluding hydrogens is 316 g/mol. The molecule has 2 heterocycles. The van der Waals surface area contributed by atoms with Crippen LogP contribution in [-0.4, -0.2) is 40.8 Å². The van der Waals surface area contributed by atoms with E-state index in [1.54, 1.807) is 18.6 Å². The van der Waals surface area contributed by atoms with Gasteiger partial charge in [-0.1, -0.05) is 19.9 Å². The summed E-state index contributed by atoms with van der Waals surface area (Å²) in [7, 11) is 0. The van der Waals surface area contributed by atoms with Crippen LogP contribution in [0.1, 0.15) is 25.1 Å². The fraction of sp³-hybridized carbons (Fsp3) is 0.421. The molecule has 0 spiro atoms. The number of hydrogen-bond donors (Lipinski definition) is 3. The number of aliphatic hydroxyl groups excluding tert-OH is 1. The highest BCUT2D eigenvalue weighted by Crippen LogP contribution is 2.21. The van der Waals surface area contributed by atoms with Crippen LogP contribution in [0.15, 0.2) is 48.9 Å². The summed E-state index contributed by atoms with van der Waals surface area (Å²) < 4.78 is 0. The van der Waals surface area contributed by atoms with Gasteiger partial charge in [0.25, 0.3) is 0 Å². The molecule has 0 saturated heterocycles. The van der Waals surface area contributed by atoms with Gasteiger partial charge in [0.2, 0.25) is 0 Å². The molecule has 2 rings (SSSR count). The Bertz CT molecular complexity index is 647. The monoisotopic (exact) mass is 342 g/mol. The predicted octanol–water partition coefficient (Wildman–Crippen LogP) is 1.90. The zero-order chi connectivity index (χ0) is 18.1. The molecule has 1 atom stereocenters. The van der Waals surface area contributed by atoms with Crippen molar-refractivity contribution in [2.45, 2.75) is 25.7 Å². The maximum Gasteiger partial charge on any atom is 0.314 e. The molecule has 134 valence electrons. The van der Waals surface area contributed by atoms with Crippen molar-refractivity contribution in [2.24, 2.45) is 5.92 Å². The van der Waals surface area contributed by atoms with Crippen molar-refractivity contribution in [1.82, 2.24) is 20.6 Å². The zero-order valence-electron chi connectivity index (χ0n) is 14.8. The van der Waals surface area contributed by atoms with Gasteiger partial charge in [-0.15, -0.1) is 0 Å². The summed E-state index contributed by atoms with van der Waals surface area (Å²) in [6.45, 7) is 5.04. The van der Waals surface area contributed by atoms with Gasteiger partial charge < -0.3 is 15.7 Å². The van der Waals surface area contributed by atoms with Gasteiger partial charge in [0.05, 0.1) is 0 Å². The molecule has 25 heavy (non-hydrogen) atoms. The van der Waals surface area contributed by atoms with E-state index in [4.69, 9.17) is 0 Å². The average molecular weight is 342 g/mol. The molecule has 0 aliphatic rings. The van der Waals surface area contributed by atoms with E-state index in [0.717, 1.165) is 11.3 Å². The van der Waals surface area contributed by atoms with E-state index in [-0.39, 0.29) is 24.0 Å². The molecule has 0 aromatic carbocycles. The highest BCUT2D eigenvalue weighted by molar-refractivity contribution is 5.73. The first-order chi connectivity index (χ1) is 12.0. The number of aliphatic hydroxyl groups is 1. The summed E-state index contributed by atoms with van der Waals surface area (Å²) in [5.74, 6) is -0.0612. The largest absolute Gasteiger partial charge is 0.396 e. The molecular formula is C19H26N4O2. The molecule has 6 nitrogen and oxygen atoms in total. The van der Waals surface area contributed by atoms with Crippen LogP contribution in [0.4, 0.5) is 4.79 Å². The Balaban J connectivity index is 1.77. The van der Waals surface area contributed by atoms with Crippen molar-refractivity contribution >= 4 is 6.03 Å². The second-order valence-corrected chi connectivity index (χ2v) is 6.76. The Morgan fingerprint density at radius 3 is 2.56 bits per heavy atom. The molecule has 0 fully saturated rings. The predicted molar refractivity (Wildman–Crippen MR) is 97.2 cm³/mol. The van der Waals surface area contributed by atoms with Crippen LogP contribution in [0.2, 0.25) is 0 Å². The van der Waals surface area contributed by atoms with Gasteiger partial charge in [-0.05, 0) is 36.2 Å². The van der Waals surface area contributed by atoms with E-state index in [9.17, 15) is 9.90 Å². The lowest BCUT2D eigenvalue weighted by Gasteiger charge is -2.25. The molecule has 0 saturated carbocycles. The molecule has 1 unspecified atom stereocenters. The molecule has 3 N–H and O–H groups in total. The maximum atomic E-state index is 12.1. The Morgan fingerprint density at radius 1 is 1.16 bits per heavy atom. The van der Waals surface area contributed by atoms with Crippen molar-refractivity contribution in [1.29, 1.82) is 0 Å². The van der Waals surface area contributed by atoms with E-state index < -0.39 is 0 Å². The SMILES string of the molecule is CC(C)(CNC(=O)NCC(CO)Cc1ccccn1)c1ccncc1. The number of rotatable bonds is 8. The van der Waals surface area contributed by atoms with Crippen molar-refractivity contribution in [3.05, 3.63) is 60.2 Å². The highest BCUT2D eigenvalue weighted by atomic mass is 16.3. The second-order valence-electron chi connectivity index (χ2n) is 6.76. The van der Waals surface area contributed by atoms with Crippen LogP contribution < -0.4 is 10.6 Å². The van der Waals surface area contributed by atoms with Crippen LogP contribution in [0, 0.1) is 5.92 Å². The van der Waals surface area contributed by atoms with Gasteiger partial charge in [0, 0.05) is 55.3 Å². The van der Waals surface area contributed by atoms with Gasteiger partial charge in [0.1, 0.15) is 0 Å². The third-order valence-electron chi connectivity index (χ3n) is 4.19. The first-order valence-corrected chi connectivity index (χ1v) is 8.44. The topological polar surface area (TPSA) is 87.1 Å². The third kappa shape index (κ3) is 6.15. The van der Waals surface area contributed by atoms with E-state index >= 15 is 0 Å². The lowest BCUT2D eigenvalue weighted by molar-refractivity contribution is 0.212. The van der Waals surface area contributed by atoms with E-state index in [0.29, 0.717) is 19.5 Å². The highest BCUT2D eigenvalue weighted by Gasteiger charge is 2.21. The Morgan fingerprint density at radius 2 is 1.92 bits per heavy atom. The lowest BCUT2D eigenvalue weighted by Crippen LogP contribution is -2.44. The van der Waals surface area contributed by atoms with Crippen LogP contribution in [0.5, 0.6) is 0 Å². The minimum atomic E-state index is -0.235. The number of hydrogen-bond acceptors (Lipinski definition) is 4. The summed E-state index contributed by atoms with van der Waals surface area (Å²) in [6.07, 6.45) is 5.85. The van der Waals surface area contributed by atoms with Crippen LogP contribution >= 0.6 is 0 Å². The summed E-state index contributed by atoms with van der Waals surface area (Å²) >= 11 is 0. The molecule has 0 aliphatic carbocycles. The minimum absolute atomic E-state index is 0.000632. The van der Waals surface area contributed by atoms with E-state index in [1.165, 1.54) is 0 Å². The van der Waals surface area contributed by atoms with E-state index in [1.807, 2.05) is 30.3 Å². The number of pyridine rings is 2. The second kappa shape index (κ2) is 9.13. The van der Waals surface area contributed by atoms with Gasteiger partial charge >= 0.3 is 6.03 Å². The number of nitrogens with one attached hydrogen (secondary N) is 2. The number of aromatic nitrogens is 2. The number of carbonyl (C=O) groups is 1. The van der Waals surface area contributed by atoms with Gasteiger partial charge in [-0.2, -0.15) is 0 Å². The number of carbonyl (C=O) groups excluding carboxylic acids is 1. The summed E-state index contributed by atoms with van der Waals surface area (Å²) in [5.41, 5.74) is 1.83. The van der Waals surface area contributed by atoms with Crippen molar-refractivity contribution in [2.75, 3.05) is 19.7 Å². The van der Waals surface area contributed by atoms with Crippen LogP contribution in [0.3, 0.4) is 0 Å². The molecule has 6 heteroatoms. The maximum absolute atomic E-state index is 12.1. The fourth-order valence-corrected chi connectivity index (χ4v) is 2.52. The number of amides is 2.